The molecule has 1 aromatic carbocycles. The van der Waals surface area contributed by atoms with Gasteiger partial charge in [-0.05, 0) is 30.2 Å². The number of carbonyl (C=O) groups is 1. The van der Waals surface area contributed by atoms with Crippen LogP contribution >= 0.6 is 0 Å². The zero-order valence-corrected chi connectivity index (χ0v) is 9.40. The smallest absolute Gasteiger partial charge is 0.233 e. The van der Waals surface area contributed by atoms with Crippen LogP contribution in [0.1, 0.15) is 11.1 Å². The largest absolute Gasteiger partial charge is 0.364 e. The molecule has 4 heteroatoms. The van der Waals surface area contributed by atoms with Gasteiger partial charge in [-0.3, -0.25) is 9.69 Å². The van der Waals surface area contributed by atoms with E-state index >= 15 is 0 Å². The van der Waals surface area contributed by atoms with Gasteiger partial charge in [0, 0.05) is 12.8 Å². The highest BCUT2D eigenvalue weighted by molar-refractivity contribution is 6.01. The molecule has 0 bridgehead atoms. The van der Waals surface area contributed by atoms with Gasteiger partial charge in [0.1, 0.15) is 6.73 Å². The minimum Gasteiger partial charge on any atom is -0.364 e. The minimum atomic E-state index is 0.0988. The lowest BCUT2D eigenvalue weighted by atomic mass is 10.1. The first-order valence-electron chi connectivity index (χ1n) is 5.37. The molecular formula is C12H16N2O2. The number of nitrogens with two attached hydrogens (primary N) is 1. The van der Waals surface area contributed by atoms with Gasteiger partial charge in [-0.15, -0.1) is 0 Å². The molecule has 1 aromatic rings. The summed E-state index contributed by atoms with van der Waals surface area (Å²) >= 11 is 0. The summed E-state index contributed by atoms with van der Waals surface area (Å²) in [4.78, 5) is 13.4. The van der Waals surface area contributed by atoms with E-state index in [0.717, 1.165) is 17.7 Å². The molecule has 0 saturated carbocycles. The zero-order valence-electron chi connectivity index (χ0n) is 9.40. The van der Waals surface area contributed by atoms with E-state index in [9.17, 15) is 4.79 Å². The molecule has 86 valence electrons. The summed E-state index contributed by atoms with van der Waals surface area (Å²) in [6.07, 6.45) is 1.32. The zero-order chi connectivity index (χ0) is 11.5. The molecule has 0 fully saturated rings. The van der Waals surface area contributed by atoms with Crippen molar-refractivity contribution in [2.45, 2.75) is 12.8 Å². The summed E-state index contributed by atoms with van der Waals surface area (Å²) in [6.45, 7) is 0.955. The molecule has 0 aromatic heterocycles. The number of ether oxygens (including phenoxy) is 1. The summed E-state index contributed by atoms with van der Waals surface area (Å²) in [5.74, 6) is 0.0988. The number of benzene rings is 1. The monoisotopic (exact) mass is 220 g/mol. The molecule has 2 N–H and O–H groups in total. The second kappa shape index (κ2) is 4.63. The average Bonchev–Trinajstić information content (AvgIpc) is 2.56. The van der Waals surface area contributed by atoms with Crippen LogP contribution < -0.4 is 10.6 Å². The molecule has 0 unspecified atom stereocenters. The fourth-order valence-electron chi connectivity index (χ4n) is 2.03. The third-order valence-electron chi connectivity index (χ3n) is 2.77. The van der Waals surface area contributed by atoms with Crippen molar-refractivity contribution in [1.29, 1.82) is 0 Å². The molecule has 1 aliphatic heterocycles. The first kappa shape index (κ1) is 11.1. The summed E-state index contributed by atoms with van der Waals surface area (Å²) in [7, 11) is 1.59. The minimum absolute atomic E-state index is 0.0988. The highest BCUT2D eigenvalue weighted by atomic mass is 16.5. The van der Waals surface area contributed by atoms with E-state index in [4.69, 9.17) is 10.5 Å². The molecule has 1 heterocycles. The first-order valence-corrected chi connectivity index (χ1v) is 5.37. The molecule has 1 aliphatic rings. The molecule has 1 amide bonds. The van der Waals surface area contributed by atoms with E-state index in [1.165, 1.54) is 5.56 Å². The van der Waals surface area contributed by atoms with Crippen LogP contribution in [0, 0.1) is 0 Å². The number of fused-ring (bicyclic) bond motifs is 1. The van der Waals surface area contributed by atoms with Crippen LogP contribution in [0.4, 0.5) is 5.69 Å². The van der Waals surface area contributed by atoms with Crippen molar-refractivity contribution in [2.24, 2.45) is 5.73 Å². The number of nitrogens with zero attached hydrogens (tertiary/aromatic N) is 1. The topological polar surface area (TPSA) is 55.6 Å². The van der Waals surface area contributed by atoms with Gasteiger partial charge < -0.3 is 10.5 Å². The predicted octanol–water partition coefficient (Wildman–Crippen LogP) is 0.681. The van der Waals surface area contributed by atoms with Gasteiger partial charge in [0.2, 0.25) is 5.91 Å². The summed E-state index contributed by atoms with van der Waals surface area (Å²) in [6, 6.07) is 6.06. The second-order valence-corrected chi connectivity index (χ2v) is 3.92. The SMILES string of the molecule is COCN1C(=O)Cc2cc(CCN)ccc21. The Balaban J connectivity index is 2.27. The van der Waals surface area contributed by atoms with E-state index < -0.39 is 0 Å². The molecular weight excluding hydrogens is 204 g/mol. The van der Waals surface area contributed by atoms with Crippen LogP contribution in [0.15, 0.2) is 18.2 Å². The number of rotatable bonds is 4. The van der Waals surface area contributed by atoms with Crippen LogP contribution in [0.5, 0.6) is 0 Å². The van der Waals surface area contributed by atoms with E-state index in [0.29, 0.717) is 19.7 Å². The first-order chi connectivity index (χ1) is 7.76. The van der Waals surface area contributed by atoms with Crippen LogP contribution in [-0.4, -0.2) is 26.3 Å². The van der Waals surface area contributed by atoms with Crippen molar-refractivity contribution in [3.05, 3.63) is 29.3 Å². The normalized spacial score (nSPS) is 14.4. The molecule has 0 aliphatic carbocycles. The lowest BCUT2D eigenvalue weighted by Gasteiger charge is -2.16. The molecule has 0 radical (unpaired) electrons. The van der Waals surface area contributed by atoms with Gasteiger partial charge in [-0.1, -0.05) is 12.1 Å². The highest BCUT2D eigenvalue weighted by Gasteiger charge is 2.26. The number of hydrogen-bond acceptors (Lipinski definition) is 3. The maximum atomic E-state index is 11.7. The van der Waals surface area contributed by atoms with Gasteiger partial charge in [0.05, 0.1) is 6.42 Å². The van der Waals surface area contributed by atoms with E-state index in [1.807, 2.05) is 12.1 Å². The molecule has 16 heavy (non-hydrogen) atoms. The van der Waals surface area contributed by atoms with Gasteiger partial charge in [0.15, 0.2) is 0 Å². The number of methoxy groups -OCH3 is 1. The number of hydrogen-bond donors (Lipinski definition) is 1. The fraction of sp³-hybridized carbons (Fsp3) is 0.417. The van der Waals surface area contributed by atoms with Gasteiger partial charge in [-0.2, -0.15) is 0 Å². The van der Waals surface area contributed by atoms with E-state index in [-0.39, 0.29) is 5.91 Å². The van der Waals surface area contributed by atoms with Crippen LogP contribution in [0.3, 0.4) is 0 Å². The Morgan fingerprint density at radius 2 is 2.31 bits per heavy atom. The Morgan fingerprint density at radius 3 is 3.00 bits per heavy atom. The maximum absolute atomic E-state index is 11.7. The van der Waals surface area contributed by atoms with Crippen LogP contribution in [0.25, 0.3) is 0 Å². The lowest BCUT2D eigenvalue weighted by Crippen LogP contribution is -2.28. The summed E-state index contributed by atoms with van der Waals surface area (Å²) in [5.41, 5.74) is 8.74. The van der Waals surface area contributed by atoms with Crippen molar-refractivity contribution >= 4 is 11.6 Å². The molecule has 0 spiro atoms. The van der Waals surface area contributed by atoms with Gasteiger partial charge in [0.25, 0.3) is 0 Å². The Kier molecular flexibility index (Phi) is 3.22. The van der Waals surface area contributed by atoms with Crippen LogP contribution in [-0.2, 0) is 22.4 Å². The molecule has 0 atom stereocenters. The van der Waals surface area contributed by atoms with E-state index in [2.05, 4.69) is 6.07 Å². The van der Waals surface area contributed by atoms with Gasteiger partial charge in [-0.25, -0.2) is 0 Å². The van der Waals surface area contributed by atoms with Crippen molar-refractivity contribution < 1.29 is 9.53 Å². The fourth-order valence-corrected chi connectivity index (χ4v) is 2.03. The molecule has 4 nitrogen and oxygen atoms in total. The predicted molar refractivity (Wildman–Crippen MR) is 62.3 cm³/mol. The maximum Gasteiger partial charge on any atom is 0.233 e. The Bertz CT molecular complexity index is 404. The van der Waals surface area contributed by atoms with E-state index in [1.54, 1.807) is 12.0 Å². The standard InChI is InChI=1S/C12H16N2O2/c1-16-8-14-11-3-2-9(4-5-13)6-10(11)7-12(14)15/h2-3,6H,4-5,7-8,13H2,1H3. The quantitative estimate of drug-likeness (QED) is 0.811. The van der Waals surface area contributed by atoms with Crippen molar-refractivity contribution in [3.63, 3.8) is 0 Å². The van der Waals surface area contributed by atoms with Gasteiger partial charge >= 0.3 is 0 Å². The number of anilines is 1. The Hall–Kier alpha value is -1.39. The Labute approximate surface area is 95.0 Å². The average molecular weight is 220 g/mol. The third-order valence-corrected chi connectivity index (χ3v) is 2.77. The summed E-state index contributed by atoms with van der Waals surface area (Å²) in [5, 5.41) is 0. The molecule has 2 rings (SSSR count). The third kappa shape index (κ3) is 1.94. The number of amides is 1. The van der Waals surface area contributed by atoms with Crippen molar-refractivity contribution in [1.82, 2.24) is 0 Å². The van der Waals surface area contributed by atoms with Crippen LogP contribution in [0.2, 0.25) is 0 Å². The summed E-state index contributed by atoms with van der Waals surface area (Å²) < 4.78 is 5.02. The highest BCUT2D eigenvalue weighted by Crippen LogP contribution is 2.29. The van der Waals surface area contributed by atoms with Crippen molar-refractivity contribution in [2.75, 3.05) is 25.3 Å². The molecule has 0 saturated heterocycles. The number of carbonyl (C=O) groups excluding carboxylic acids is 1. The lowest BCUT2D eigenvalue weighted by molar-refractivity contribution is -0.118. The Morgan fingerprint density at radius 1 is 1.50 bits per heavy atom. The van der Waals surface area contributed by atoms with Crippen molar-refractivity contribution in [3.8, 4) is 0 Å². The second-order valence-electron chi connectivity index (χ2n) is 3.92.